The number of hydrazine groups is 1. The maximum atomic E-state index is 13.9. The van der Waals surface area contributed by atoms with Gasteiger partial charge in [-0.3, -0.25) is 0 Å². The number of hydrogen-bond acceptors (Lipinski definition) is 5. The summed E-state index contributed by atoms with van der Waals surface area (Å²) < 4.78 is 13.9. The molecule has 106 valence electrons. The number of hydrogen-bond donors (Lipinski definition) is 2. The quantitative estimate of drug-likeness (QED) is 0.648. The van der Waals surface area contributed by atoms with Crippen molar-refractivity contribution in [2.75, 3.05) is 17.4 Å². The minimum absolute atomic E-state index is 0.293. The normalized spacial score (nSPS) is 10.4. The van der Waals surface area contributed by atoms with Crippen LogP contribution >= 0.6 is 0 Å². The highest BCUT2D eigenvalue weighted by atomic mass is 19.1. The Bertz CT molecular complexity index is 588. The zero-order valence-electron chi connectivity index (χ0n) is 11.6. The molecule has 2 aromatic rings. The average Bonchev–Trinajstić information content (AvgIpc) is 2.47. The van der Waals surface area contributed by atoms with E-state index in [0.29, 0.717) is 17.3 Å². The van der Waals surface area contributed by atoms with E-state index < -0.39 is 0 Å². The number of aromatic nitrogens is 2. The summed E-state index contributed by atoms with van der Waals surface area (Å²) in [6, 6.07) is 6.58. The fourth-order valence-corrected chi connectivity index (χ4v) is 2.13. The van der Waals surface area contributed by atoms with Crippen LogP contribution in [0.3, 0.4) is 0 Å². The first kappa shape index (κ1) is 14.2. The van der Waals surface area contributed by atoms with Crippen LogP contribution in [0.4, 0.5) is 21.7 Å². The molecule has 0 unspecified atom stereocenters. The first-order chi connectivity index (χ1) is 9.69. The molecule has 20 heavy (non-hydrogen) atoms. The first-order valence-corrected chi connectivity index (χ1v) is 6.47. The Morgan fingerprint density at radius 1 is 1.30 bits per heavy atom. The first-order valence-electron chi connectivity index (χ1n) is 6.47. The Labute approximate surface area is 117 Å². The summed E-state index contributed by atoms with van der Waals surface area (Å²) in [5.41, 5.74) is 3.91. The molecule has 1 aromatic carbocycles. The van der Waals surface area contributed by atoms with Gasteiger partial charge in [-0.25, -0.2) is 20.2 Å². The van der Waals surface area contributed by atoms with E-state index in [1.807, 2.05) is 0 Å². The van der Waals surface area contributed by atoms with Gasteiger partial charge in [0.1, 0.15) is 23.8 Å². The third-order valence-corrected chi connectivity index (χ3v) is 3.09. The second-order valence-electron chi connectivity index (χ2n) is 4.43. The maximum Gasteiger partial charge on any atom is 0.148 e. The second-order valence-corrected chi connectivity index (χ2v) is 4.43. The lowest BCUT2D eigenvalue weighted by molar-refractivity contribution is 0.627. The van der Waals surface area contributed by atoms with Gasteiger partial charge in [0.25, 0.3) is 0 Å². The maximum absolute atomic E-state index is 13.9. The monoisotopic (exact) mass is 275 g/mol. The number of para-hydroxylation sites is 1. The molecule has 0 amide bonds. The van der Waals surface area contributed by atoms with Crippen LogP contribution in [0.2, 0.25) is 0 Å². The van der Waals surface area contributed by atoms with Crippen LogP contribution in [-0.4, -0.2) is 17.0 Å². The Hall–Kier alpha value is -2.21. The third kappa shape index (κ3) is 2.70. The topological polar surface area (TPSA) is 67.1 Å². The lowest BCUT2D eigenvalue weighted by Gasteiger charge is -2.22. The number of benzene rings is 1. The minimum Gasteiger partial charge on any atom is -0.327 e. The Balaban J connectivity index is 2.49. The highest BCUT2D eigenvalue weighted by molar-refractivity contribution is 5.67. The molecule has 0 aliphatic rings. The molecule has 1 aromatic heterocycles. The van der Waals surface area contributed by atoms with Gasteiger partial charge in [0, 0.05) is 12.6 Å². The van der Waals surface area contributed by atoms with Gasteiger partial charge in [-0.15, -0.1) is 0 Å². The van der Waals surface area contributed by atoms with Crippen LogP contribution in [0.5, 0.6) is 0 Å². The van der Waals surface area contributed by atoms with Crippen LogP contribution in [0.1, 0.15) is 18.9 Å². The van der Waals surface area contributed by atoms with Gasteiger partial charge in [0.05, 0.1) is 5.69 Å². The number of anilines is 3. The van der Waals surface area contributed by atoms with E-state index >= 15 is 0 Å². The van der Waals surface area contributed by atoms with E-state index in [1.54, 1.807) is 30.1 Å². The van der Waals surface area contributed by atoms with Crippen LogP contribution in [0.25, 0.3) is 0 Å². The number of halogens is 1. The number of nitrogens with two attached hydrogens (primary N) is 1. The molecule has 1 heterocycles. The van der Waals surface area contributed by atoms with Gasteiger partial charge >= 0.3 is 0 Å². The van der Waals surface area contributed by atoms with E-state index in [0.717, 1.165) is 18.4 Å². The second kappa shape index (κ2) is 6.29. The van der Waals surface area contributed by atoms with Crippen molar-refractivity contribution in [3.63, 3.8) is 0 Å². The molecular weight excluding hydrogens is 257 g/mol. The molecule has 0 radical (unpaired) electrons. The molecular formula is C14H18FN5. The van der Waals surface area contributed by atoms with Gasteiger partial charge in [-0.1, -0.05) is 25.5 Å². The summed E-state index contributed by atoms with van der Waals surface area (Å²) in [4.78, 5) is 10.1. The lowest BCUT2D eigenvalue weighted by Crippen LogP contribution is -2.19. The molecule has 0 atom stereocenters. The highest BCUT2D eigenvalue weighted by Gasteiger charge is 2.16. The Morgan fingerprint density at radius 3 is 2.70 bits per heavy atom. The fraction of sp³-hybridized carbons (Fsp3) is 0.286. The van der Waals surface area contributed by atoms with E-state index in [4.69, 9.17) is 5.84 Å². The number of rotatable bonds is 5. The molecule has 2 rings (SSSR count). The van der Waals surface area contributed by atoms with Crippen molar-refractivity contribution in [1.29, 1.82) is 0 Å². The third-order valence-electron chi connectivity index (χ3n) is 3.09. The predicted molar refractivity (Wildman–Crippen MR) is 78.3 cm³/mol. The highest BCUT2D eigenvalue weighted by Crippen LogP contribution is 2.30. The van der Waals surface area contributed by atoms with Crippen molar-refractivity contribution in [2.45, 2.75) is 19.8 Å². The number of nitrogen functional groups attached to an aromatic ring is 1. The summed E-state index contributed by atoms with van der Waals surface area (Å²) in [7, 11) is 1.78. The van der Waals surface area contributed by atoms with Gasteiger partial charge in [-0.05, 0) is 18.6 Å². The van der Waals surface area contributed by atoms with E-state index in [9.17, 15) is 4.39 Å². The van der Waals surface area contributed by atoms with Gasteiger partial charge < -0.3 is 10.3 Å². The summed E-state index contributed by atoms with van der Waals surface area (Å²) in [6.07, 6.45) is 3.09. The van der Waals surface area contributed by atoms with Gasteiger partial charge in [0.2, 0.25) is 0 Å². The zero-order valence-corrected chi connectivity index (χ0v) is 11.6. The zero-order chi connectivity index (χ0) is 14.5. The van der Waals surface area contributed by atoms with E-state index in [2.05, 4.69) is 22.3 Å². The molecule has 0 fully saturated rings. The lowest BCUT2D eigenvalue weighted by atomic mass is 10.1. The molecule has 0 spiro atoms. The van der Waals surface area contributed by atoms with Crippen molar-refractivity contribution < 1.29 is 4.39 Å². The molecule has 0 saturated heterocycles. The summed E-state index contributed by atoms with van der Waals surface area (Å²) >= 11 is 0. The van der Waals surface area contributed by atoms with Crippen LogP contribution < -0.4 is 16.2 Å². The van der Waals surface area contributed by atoms with Crippen molar-refractivity contribution in [2.24, 2.45) is 5.84 Å². The smallest absolute Gasteiger partial charge is 0.148 e. The molecule has 6 heteroatoms. The van der Waals surface area contributed by atoms with Crippen LogP contribution in [-0.2, 0) is 6.42 Å². The van der Waals surface area contributed by atoms with Crippen molar-refractivity contribution in [3.8, 4) is 0 Å². The fourth-order valence-electron chi connectivity index (χ4n) is 2.13. The summed E-state index contributed by atoms with van der Waals surface area (Å²) in [6.45, 7) is 2.06. The summed E-state index contributed by atoms with van der Waals surface area (Å²) in [5, 5.41) is 0. The number of nitrogens with one attached hydrogen (secondary N) is 1. The molecule has 5 nitrogen and oxygen atoms in total. The molecule has 0 bridgehead atoms. The summed E-state index contributed by atoms with van der Waals surface area (Å²) in [5.74, 6) is 6.41. The predicted octanol–water partition coefficient (Wildman–Crippen LogP) is 2.62. The van der Waals surface area contributed by atoms with Gasteiger partial charge in [0.15, 0.2) is 0 Å². The Morgan fingerprint density at radius 2 is 2.05 bits per heavy atom. The van der Waals surface area contributed by atoms with Crippen LogP contribution in [0, 0.1) is 5.82 Å². The molecule has 3 N–H and O–H groups in total. The van der Waals surface area contributed by atoms with Gasteiger partial charge in [-0.2, -0.15) is 0 Å². The average molecular weight is 275 g/mol. The van der Waals surface area contributed by atoms with E-state index in [-0.39, 0.29) is 5.82 Å². The SMILES string of the molecule is CCCc1c(NN)ncnc1N(C)c1ccccc1F. The molecule has 0 aliphatic carbocycles. The molecule has 0 aliphatic heterocycles. The largest absolute Gasteiger partial charge is 0.327 e. The van der Waals surface area contributed by atoms with Crippen molar-refractivity contribution in [1.82, 2.24) is 9.97 Å². The van der Waals surface area contributed by atoms with Crippen molar-refractivity contribution in [3.05, 3.63) is 42.0 Å². The molecule has 0 saturated carbocycles. The number of nitrogens with zero attached hydrogens (tertiary/aromatic N) is 3. The van der Waals surface area contributed by atoms with Crippen LogP contribution in [0.15, 0.2) is 30.6 Å². The van der Waals surface area contributed by atoms with Crippen molar-refractivity contribution >= 4 is 17.3 Å². The Kier molecular flexibility index (Phi) is 4.47. The standard InChI is InChI=1S/C14H18FN5/c1-3-6-10-13(19-16)17-9-18-14(10)20(2)12-8-5-4-7-11(12)15/h4-5,7-9H,3,6,16H2,1-2H3,(H,17,18,19). The van der Waals surface area contributed by atoms with E-state index in [1.165, 1.54) is 12.4 Å². The minimum atomic E-state index is -0.293.